The van der Waals surface area contributed by atoms with Gasteiger partial charge < -0.3 is 4.90 Å². The number of nitrogens with one attached hydrogen (secondary N) is 1. The summed E-state index contributed by atoms with van der Waals surface area (Å²) in [5.74, 6) is 0. The molecular weight excluding hydrogens is 124 g/mol. The normalized spacial score (nSPS) is 19.1. The maximum atomic E-state index is 7.10. The zero-order valence-electron chi connectivity index (χ0n) is 6.40. The summed E-state index contributed by atoms with van der Waals surface area (Å²) in [4.78, 5) is 2.23. The topological polar surface area (TPSA) is 27.0 Å². The predicted octanol–water partition coefficient (Wildman–Crippen LogP) is 1.27. The minimum atomic E-state index is 0.361. The summed E-state index contributed by atoms with van der Waals surface area (Å²) in [6.07, 6.45) is 3.90. The number of hydrogen-bond acceptors (Lipinski definition) is 1. The number of rotatable bonds is 2. The van der Waals surface area contributed by atoms with Gasteiger partial charge >= 0.3 is 0 Å². The fourth-order valence-electron chi connectivity index (χ4n) is 1.32. The highest BCUT2D eigenvalue weighted by Gasteiger charge is 2.09. The Kier molecular flexibility index (Phi) is 2.75. The molecule has 1 fully saturated rings. The Morgan fingerprint density at radius 1 is 1.30 bits per heavy atom. The van der Waals surface area contributed by atoms with E-state index < -0.39 is 0 Å². The van der Waals surface area contributed by atoms with Crippen LogP contribution in [0.3, 0.4) is 0 Å². The van der Waals surface area contributed by atoms with Crippen LogP contribution >= 0.6 is 0 Å². The largest absolute Gasteiger partial charge is 0.374 e. The lowest BCUT2D eigenvalue weighted by Gasteiger charge is -2.29. The van der Waals surface area contributed by atoms with E-state index in [4.69, 9.17) is 5.73 Å². The van der Waals surface area contributed by atoms with Gasteiger partial charge in [-0.15, -0.1) is 0 Å². The zero-order chi connectivity index (χ0) is 7.40. The van der Waals surface area contributed by atoms with Crippen molar-refractivity contribution in [3.8, 4) is 0 Å². The van der Waals surface area contributed by atoms with Crippen LogP contribution in [0.4, 0.5) is 0 Å². The molecule has 0 aromatic carbocycles. The van der Waals surface area contributed by atoms with E-state index in [0.717, 1.165) is 18.8 Å². The Balaban J connectivity index is 2.31. The smallest absolute Gasteiger partial charge is 0.0495 e. The molecule has 0 aromatic rings. The molecule has 0 atom stereocenters. The summed E-state index contributed by atoms with van der Waals surface area (Å²) in [6.45, 7) is 6.44. The second kappa shape index (κ2) is 3.62. The Morgan fingerprint density at radius 3 is 2.40 bits per heavy atom. The number of nitrogens with zero attached hydrogens (tertiary/aromatic N) is 1. The van der Waals surface area contributed by atoms with Crippen molar-refractivity contribution in [1.29, 1.82) is 0 Å². The third kappa shape index (κ3) is 1.74. The maximum absolute atomic E-state index is 7.10. The second-order valence-corrected chi connectivity index (χ2v) is 2.79. The van der Waals surface area contributed by atoms with Crippen molar-refractivity contribution in [2.75, 3.05) is 19.6 Å². The van der Waals surface area contributed by atoms with Crippen LogP contribution in [0.2, 0.25) is 0 Å². The van der Waals surface area contributed by atoms with Crippen molar-refractivity contribution in [3.63, 3.8) is 0 Å². The van der Waals surface area contributed by atoms with Crippen molar-refractivity contribution in [1.82, 2.24) is 10.6 Å². The molecule has 57 valence electrons. The molecule has 0 aromatic heterocycles. The lowest BCUT2D eigenvalue weighted by Crippen LogP contribution is -2.30. The molecule has 1 aliphatic heterocycles. The van der Waals surface area contributed by atoms with Crippen molar-refractivity contribution in [3.05, 3.63) is 12.3 Å². The molecular formula is C8H15N2. The van der Waals surface area contributed by atoms with Crippen LogP contribution in [0.5, 0.6) is 0 Å². The first-order valence-corrected chi connectivity index (χ1v) is 3.92. The van der Waals surface area contributed by atoms with Gasteiger partial charge in [-0.25, -0.2) is 0 Å². The first-order chi connectivity index (χ1) is 4.84. The van der Waals surface area contributed by atoms with Crippen LogP contribution in [-0.2, 0) is 0 Å². The molecule has 0 spiro atoms. The summed E-state index contributed by atoms with van der Waals surface area (Å²) >= 11 is 0. The standard InChI is InChI=1S/C8H15N2/c1-8(7-9)10-5-3-2-4-6-10/h9H,1-7H2. The van der Waals surface area contributed by atoms with Gasteiger partial charge in [-0.1, -0.05) is 6.58 Å². The number of piperidine rings is 1. The van der Waals surface area contributed by atoms with Crippen LogP contribution in [0, 0.1) is 0 Å². The maximum Gasteiger partial charge on any atom is 0.0495 e. The zero-order valence-corrected chi connectivity index (χ0v) is 6.40. The predicted molar refractivity (Wildman–Crippen MR) is 42.5 cm³/mol. The SMILES string of the molecule is C=C(C[NH])N1CCCCC1. The number of likely N-dealkylation sites (tertiary alicyclic amines) is 1. The first-order valence-electron chi connectivity index (χ1n) is 3.92. The van der Waals surface area contributed by atoms with Crippen molar-refractivity contribution in [2.45, 2.75) is 19.3 Å². The third-order valence-electron chi connectivity index (χ3n) is 2.01. The van der Waals surface area contributed by atoms with Crippen LogP contribution in [0.1, 0.15) is 19.3 Å². The van der Waals surface area contributed by atoms with E-state index in [0.29, 0.717) is 6.54 Å². The monoisotopic (exact) mass is 139 g/mol. The van der Waals surface area contributed by atoms with Gasteiger partial charge in [0.2, 0.25) is 0 Å². The van der Waals surface area contributed by atoms with E-state index in [9.17, 15) is 0 Å². The van der Waals surface area contributed by atoms with Gasteiger partial charge in [0.1, 0.15) is 0 Å². The molecule has 0 saturated carbocycles. The molecule has 0 amide bonds. The molecule has 1 saturated heterocycles. The summed E-state index contributed by atoms with van der Waals surface area (Å²) in [7, 11) is 0. The quantitative estimate of drug-likeness (QED) is 0.566. The molecule has 0 aliphatic carbocycles. The highest BCUT2D eigenvalue weighted by molar-refractivity contribution is 4.95. The fourth-order valence-corrected chi connectivity index (χ4v) is 1.32. The van der Waals surface area contributed by atoms with Gasteiger partial charge in [0.05, 0.1) is 0 Å². The fraction of sp³-hybridized carbons (Fsp3) is 0.750. The third-order valence-corrected chi connectivity index (χ3v) is 2.01. The molecule has 10 heavy (non-hydrogen) atoms. The number of hydrogen-bond donors (Lipinski definition) is 0. The average molecular weight is 139 g/mol. The van der Waals surface area contributed by atoms with Crippen molar-refractivity contribution >= 4 is 0 Å². The van der Waals surface area contributed by atoms with Gasteiger partial charge in [0, 0.05) is 25.3 Å². The molecule has 0 unspecified atom stereocenters. The van der Waals surface area contributed by atoms with Crippen LogP contribution in [0.15, 0.2) is 12.3 Å². The summed E-state index contributed by atoms with van der Waals surface area (Å²) in [5, 5.41) is 0. The molecule has 2 heteroatoms. The van der Waals surface area contributed by atoms with Gasteiger partial charge in [-0.3, -0.25) is 5.73 Å². The Bertz CT molecular complexity index is 114. The van der Waals surface area contributed by atoms with Crippen molar-refractivity contribution < 1.29 is 0 Å². The molecule has 1 radical (unpaired) electrons. The van der Waals surface area contributed by atoms with Crippen LogP contribution in [0.25, 0.3) is 0 Å². The second-order valence-electron chi connectivity index (χ2n) is 2.79. The lowest BCUT2D eigenvalue weighted by atomic mass is 10.1. The Labute approximate surface area is 62.7 Å². The average Bonchev–Trinajstić information content (AvgIpc) is 2.05. The minimum absolute atomic E-state index is 0.361. The van der Waals surface area contributed by atoms with E-state index in [1.54, 1.807) is 0 Å². The Hall–Kier alpha value is -0.500. The molecule has 2 nitrogen and oxygen atoms in total. The van der Waals surface area contributed by atoms with E-state index in [2.05, 4.69) is 11.5 Å². The van der Waals surface area contributed by atoms with E-state index in [1.165, 1.54) is 19.3 Å². The minimum Gasteiger partial charge on any atom is -0.374 e. The molecule has 1 rings (SSSR count). The van der Waals surface area contributed by atoms with Crippen LogP contribution in [-0.4, -0.2) is 24.5 Å². The summed E-state index contributed by atoms with van der Waals surface area (Å²) < 4.78 is 0. The van der Waals surface area contributed by atoms with Gasteiger partial charge in [0.25, 0.3) is 0 Å². The summed E-state index contributed by atoms with van der Waals surface area (Å²) in [6, 6.07) is 0. The van der Waals surface area contributed by atoms with Gasteiger partial charge in [-0.2, -0.15) is 0 Å². The van der Waals surface area contributed by atoms with Gasteiger partial charge in [0.15, 0.2) is 0 Å². The van der Waals surface area contributed by atoms with E-state index in [-0.39, 0.29) is 0 Å². The first kappa shape index (κ1) is 7.61. The highest BCUT2D eigenvalue weighted by atomic mass is 15.1. The molecule has 0 bridgehead atoms. The molecule has 1 N–H and O–H groups in total. The molecule has 1 aliphatic rings. The Morgan fingerprint density at radius 2 is 1.90 bits per heavy atom. The van der Waals surface area contributed by atoms with Crippen molar-refractivity contribution in [2.24, 2.45) is 0 Å². The lowest BCUT2D eigenvalue weighted by molar-refractivity contribution is 0.283. The van der Waals surface area contributed by atoms with E-state index in [1.807, 2.05) is 0 Å². The highest BCUT2D eigenvalue weighted by Crippen LogP contribution is 2.12. The summed E-state index contributed by atoms with van der Waals surface area (Å²) in [5.41, 5.74) is 8.09. The van der Waals surface area contributed by atoms with Crippen LogP contribution < -0.4 is 5.73 Å². The molecule has 1 heterocycles. The van der Waals surface area contributed by atoms with E-state index >= 15 is 0 Å². The van der Waals surface area contributed by atoms with Gasteiger partial charge in [-0.05, 0) is 19.3 Å².